The van der Waals surface area contributed by atoms with Crippen molar-refractivity contribution in [2.75, 3.05) is 37.8 Å². The van der Waals surface area contributed by atoms with E-state index in [1.54, 1.807) is 13.3 Å². The van der Waals surface area contributed by atoms with Crippen molar-refractivity contribution in [1.82, 2.24) is 24.6 Å². The summed E-state index contributed by atoms with van der Waals surface area (Å²) in [7, 11) is 1.67. The molecule has 0 unspecified atom stereocenters. The fourth-order valence-electron chi connectivity index (χ4n) is 3.79. The number of nitrogens with zero attached hydrogens (tertiary/aromatic N) is 5. The molecule has 3 aromatic rings. The van der Waals surface area contributed by atoms with Gasteiger partial charge < -0.3 is 20.9 Å². The molecule has 4 rings (SSSR count). The van der Waals surface area contributed by atoms with E-state index >= 15 is 0 Å². The molecular weight excluding hydrogens is 382 g/mol. The van der Waals surface area contributed by atoms with Gasteiger partial charge in [0.15, 0.2) is 5.82 Å². The SMILES string of the molecule is CCCCNc1nc(N)nc2cnn(Cc3cc(CN4CC(O)C4)ccc3OC)c12. The normalized spacial score (nSPS) is 14.8. The van der Waals surface area contributed by atoms with Gasteiger partial charge in [-0.3, -0.25) is 9.58 Å². The fraction of sp³-hybridized carbons (Fsp3) is 0.476. The van der Waals surface area contributed by atoms with Gasteiger partial charge in [-0.2, -0.15) is 10.1 Å². The first-order valence-corrected chi connectivity index (χ1v) is 10.4. The molecule has 1 fully saturated rings. The Balaban J connectivity index is 1.63. The summed E-state index contributed by atoms with van der Waals surface area (Å²) in [6.07, 6.45) is 3.65. The molecule has 1 aromatic carbocycles. The molecule has 0 atom stereocenters. The highest BCUT2D eigenvalue weighted by molar-refractivity contribution is 5.86. The smallest absolute Gasteiger partial charge is 0.222 e. The average Bonchev–Trinajstić information content (AvgIpc) is 3.09. The van der Waals surface area contributed by atoms with Crippen LogP contribution in [0.15, 0.2) is 24.4 Å². The minimum atomic E-state index is -0.204. The van der Waals surface area contributed by atoms with Crippen LogP contribution in [-0.2, 0) is 13.1 Å². The molecule has 1 aliphatic rings. The maximum absolute atomic E-state index is 9.53. The lowest BCUT2D eigenvalue weighted by atomic mass is 10.1. The summed E-state index contributed by atoms with van der Waals surface area (Å²) in [5.41, 5.74) is 9.64. The van der Waals surface area contributed by atoms with Crippen molar-refractivity contribution in [3.8, 4) is 5.75 Å². The number of likely N-dealkylation sites (tertiary alicyclic amines) is 1. The summed E-state index contributed by atoms with van der Waals surface area (Å²) >= 11 is 0. The van der Waals surface area contributed by atoms with Gasteiger partial charge in [0.05, 0.1) is 26.0 Å². The molecule has 0 spiro atoms. The number of rotatable bonds is 9. The van der Waals surface area contributed by atoms with E-state index in [0.717, 1.165) is 55.9 Å². The number of aliphatic hydroxyl groups excluding tert-OH is 1. The second kappa shape index (κ2) is 8.85. The highest BCUT2D eigenvalue weighted by Gasteiger charge is 2.24. The molecule has 3 heterocycles. The van der Waals surface area contributed by atoms with E-state index in [2.05, 4.69) is 44.3 Å². The van der Waals surface area contributed by atoms with Crippen molar-refractivity contribution in [3.05, 3.63) is 35.5 Å². The third-order valence-electron chi connectivity index (χ3n) is 5.34. The summed E-state index contributed by atoms with van der Waals surface area (Å²) in [6.45, 7) is 5.73. The van der Waals surface area contributed by atoms with Gasteiger partial charge in [-0.1, -0.05) is 19.4 Å². The minimum absolute atomic E-state index is 0.204. The minimum Gasteiger partial charge on any atom is -0.496 e. The van der Waals surface area contributed by atoms with Crippen LogP contribution in [0.2, 0.25) is 0 Å². The standard InChI is InChI=1S/C21H29N7O2/c1-3-4-7-23-20-19-17(25-21(22)26-20)9-24-28(19)11-15-8-14(5-6-18(15)30-2)10-27-12-16(29)13-27/h5-6,8-9,16,29H,3-4,7,10-13H2,1-2H3,(H3,22,23,25,26). The lowest BCUT2D eigenvalue weighted by molar-refractivity contribution is -0.00288. The first-order valence-electron chi connectivity index (χ1n) is 10.4. The average molecular weight is 412 g/mol. The zero-order valence-electron chi connectivity index (χ0n) is 17.5. The van der Waals surface area contributed by atoms with Gasteiger partial charge in [-0.05, 0) is 24.1 Å². The number of methoxy groups -OCH3 is 1. The Morgan fingerprint density at radius 3 is 2.83 bits per heavy atom. The van der Waals surface area contributed by atoms with Gasteiger partial charge in [0.2, 0.25) is 5.95 Å². The van der Waals surface area contributed by atoms with Gasteiger partial charge in [0.25, 0.3) is 0 Å². The molecule has 9 nitrogen and oxygen atoms in total. The van der Waals surface area contributed by atoms with Crippen LogP contribution in [0.4, 0.5) is 11.8 Å². The van der Waals surface area contributed by atoms with E-state index in [9.17, 15) is 5.11 Å². The quantitative estimate of drug-likeness (QED) is 0.457. The summed E-state index contributed by atoms with van der Waals surface area (Å²) in [5, 5.41) is 17.4. The second-order valence-corrected chi connectivity index (χ2v) is 7.74. The van der Waals surface area contributed by atoms with Gasteiger partial charge in [0.1, 0.15) is 16.8 Å². The zero-order valence-corrected chi connectivity index (χ0v) is 17.5. The first kappa shape index (κ1) is 20.4. The Hall–Kier alpha value is -2.91. The molecule has 0 amide bonds. The Morgan fingerprint density at radius 2 is 2.10 bits per heavy atom. The molecule has 1 saturated heterocycles. The van der Waals surface area contributed by atoms with Crippen molar-refractivity contribution in [3.63, 3.8) is 0 Å². The molecule has 0 radical (unpaired) electrons. The third kappa shape index (κ3) is 4.31. The maximum Gasteiger partial charge on any atom is 0.222 e. The molecule has 0 aliphatic carbocycles. The number of hydrogen-bond donors (Lipinski definition) is 3. The van der Waals surface area contributed by atoms with Gasteiger partial charge in [-0.25, -0.2) is 4.98 Å². The second-order valence-electron chi connectivity index (χ2n) is 7.74. The van der Waals surface area contributed by atoms with Crippen LogP contribution in [0.1, 0.15) is 30.9 Å². The van der Waals surface area contributed by atoms with Crippen molar-refractivity contribution in [2.45, 2.75) is 39.0 Å². The van der Waals surface area contributed by atoms with Gasteiger partial charge in [-0.15, -0.1) is 0 Å². The molecule has 2 aromatic heterocycles. The van der Waals surface area contributed by atoms with Crippen LogP contribution >= 0.6 is 0 Å². The Morgan fingerprint density at radius 1 is 1.27 bits per heavy atom. The lowest BCUT2D eigenvalue weighted by Crippen LogP contribution is -2.49. The lowest BCUT2D eigenvalue weighted by Gasteiger charge is -2.35. The van der Waals surface area contributed by atoms with Crippen molar-refractivity contribution in [2.24, 2.45) is 0 Å². The number of hydrogen-bond acceptors (Lipinski definition) is 8. The molecule has 9 heteroatoms. The highest BCUT2D eigenvalue weighted by atomic mass is 16.5. The Labute approximate surface area is 175 Å². The number of aliphatic hydroxyl groups is 1. The topological polar surface area (TPSA) is 114 Å². The Kier molecular flexibility index (Phi) is 6.01. The number of aromatic nitrogens is 4. The van der Waals surface area contributed by atoms with Crippen molar-refractivity contribution in [1.29, 1.82) is 0 Å². The molecule has 0 saturated carbocycles. The largest absolute Gasteiger partial charge is 0.496 e. The molecular formula is C21H29N7O2. The summed E-state index contributed by atoms with van der Waals surface area (Å²) in [5.74, 6) is 1.74. The van der Waals surface area contributed by atoms with E-state index in [4.69, 9.17) is 10.5 Å². The monoisotopic (exact) mass is 411 g/mol. The maximum atomic E-state index is 9.53. The van der Waals surface area contributed by atoms with Crippen molar-refractivity contribution < 1.29 is 9.84 Å². The number of ether oxygens (including phenoxy) is 1. The van der Waals surface area contributed by atoms with Crippen LogP contribution < -0.4 is 15.8 Å². The van der Waals surface area contributed by atoms with Crippen molar-refractivity contribution >= 4 is 22.8 Å². The molecule has 160 valence electrons. The number of fused-ring (bicyclic) bond motifs is 1. The van der Waals surface area contributed by atoms with Crippen LogP contribution in [-0.4, -0.2) is 62.6 Å². The number of benzene rings is 1. The third-order valence-corrected chi connectivity index (χ3v) is 5.34. The van der Waals surface area contributed by atoms with E-state index in [0.29, 0.717) is 17.9 Å². The number of nitrogens with two attached hydrogens (primary N) is 1. The fourth-order valence-corrected chi connectivity index (χ4v) is 3.79. The summed E-state index contributed by atoms with van der Waals surface area (Å²) in [4.78, 5) is 11.0. The summed E-state index contributed by atoms with van der Waals surface area (Å²) < 4.78 is 7.48. The molecule has 1 aliphatic heterocycles. The Bertz CT molecular complexity index is 1010. The molecule has 4 N–H and O–H groups in total. The molecule has 30 heavy (non-hydrogen) atoms. The van der Waals surface area contributed by atoms with E-state index in [1.165, 1.54) is 5.56 Å². The van der Waals surface area contributed by atoms with Gasteiger partial charge in [0, 0.05) is 31.7 Å². The van der Waals surface area contributed by atoms with E-state index in [1.807, 2.05) is 10.7 Å². The molecule has 0 bridgehead atoms. The number of nitrogens with one attached hydrogen (secondary N) is 1. The van der Waals surface area contributed by atoms with Gasteiger partial charge >= 0.3 is 0 Å². The van der Waals surface area contributed by atoms with E-state index < -0.39 is 0 Å². The zero-order chi connectivity index (χ0) is 21.1. The summed E-state index contributed by atoms with van der Waals surface area (Å²) in [6, 6.07) is 6.19. The van der Waals surface area contributed by atoms with Crippen LogP contribution in [0.3, 0.4) is 0 Å². The van der Waals surface area contributed by atoms with E-state index in [-0.39, 0.29) is 12.1 Å². The highest BCUT2D eigenvalue weighted by Crippen LogP contribution is 2.26. The first-order chi connectivity index (χ1) is 14.6. The number of β-amino-alcohol motifs (C(OH)–C–C–N with tert-alkyl or cyclic N) is 1. The number of anilines is 2. The van der Waals surface area contributed by atoms with Crippen LogP contribution in [0.25, 0.3) is 11.0 Å². The predicted molar refractivity (Wildman–Crippen MR) is 117 cm³/mol. The predicted octanol–water partition coefficient (Wildman–Crippen LogP) is 1.85. The van der Waals surface area contributed by atoms with Crippen LogP contribution in [0.5, 0.6) is 5.75 Å². The van der Waals surface area contributed by atoms with Crippen LogP contribution in [0, 0.1) is 0 Å². The number of nitrogen functional groups attached to an aromatic ring is 1. The number of unbranched alkanes of at least 4 members (excludes halogenated alkanes) is 1.